The fraction of sp³-hybridized carbons (Fsp3) is 0.462. The van der Waals surface area contributed by atoms with Gasteiger partial charge < -0.3 is 5.21 Å². The molecule has 0 atom stereocenters. The molecule has 0 unspecified atom stereocenters. The van der Waals surface area contributed by atoms with Crippen molar-refractivity contribution in [1.29, 1.82) is 0 Å². The molecule has 1 aromatic rings. The number of oxime groups is 1. The third-order valence-electron chi connectivity index (χ3n) is 2.58. The summed E-state index contributed by atoms with van der Waals surface area (Å²) in [4.78, 5) is 0. The van der Waals surface area contributed by atoms with E-state index in [4.69, 9.17) is 5.21 Å². The van der Waals surface area contributed by atoms with Crippen molar-refractivity contribution in [2.24, 2.45) is 5.16 Å². The van der Waals surface area contributed by atoms with E-state index >= 15 is 0 Å². The van der Waals surface area contributed by atoms with E-state index in [1.54, 1.807) is 0 Å². The topological polar surface area (TPSA) is 32.6 Å². The second-order valence-corrected chi connectivity index (χ2v) is 3.48. The molecule has 0 saturated carbocycles. The maximum atomic E-state index is 8.39. The van der Waals surface area contributed by atoms with E-state index in [0.29, 0.717) is 0 Å². The van der Waals surface area contributed by atoms with E-state index in [1.807, 2.05) is 19.9 Å². The Hall–Kier alpha value is -1.31. The second kappa shape index (κ2) is 6.23. The van der Waals surface area contributed by atoms with E-state index in [9.17, 15) is 0 Å². The normalized spacial score (nSPS) is 14.3. The molecule has 1 aliphatic carbocycles. The highest BCUT2D eigenvalue weighted by molar-refractivity contribution is 5.79. The minimum absolute atomic E-state index is 0.989. The maximum Gasteiger partial charge on any atom is 0.0733 e. The molecule has 0 amide bonds. The molecular formula is C13H19NO. The Morgan fingerprint density at radius 3 is 2.47 bits per heavy atom. The Morgan fingerprint density at radius 1 is 1.13 bits per heavy atom. The minimum atomic E-state index is 0.989. The van der Waals surface area contributed by atoms with Crippen molar-refractivity contribution in [2.75, 3.05) is 0 Å². The van der Waals surface area contributed by atoms with Gasteiger partial charge in [0, 0.05) is 0 Å². The van der Waals surface area contributed by atoms with Gasteiger partial charge in [0.05, 0.1) is 6.21 Å². The number of hydrogen-bond donors (Lipinski definition) is 1. The average Bonchev–Trinajstić information content (AvgIpc) is 2.32. The molecular weight excluding hydrogens is 186 g/mol. The Morgan fingerprint density at radius 2 is 1.80 bits per heavy atom. The van der Waals surface area contributed by atoms with Crippen LogP contribution in [0.1, 0.15) is 43.4 Å². The van der Waals surface area contributed by atoms with Gasteiger partial charge in [0.1, 0.15) is 0 Å². The molecule has 2 heteroatoms. The first-order chi connectivity index (χ1) is 7.40. The number of fused-ring (bicyclic) bond motifs is 1. The number of nitrogens with zero attached hydrogens (tertiary/aromatic N) is 1. The Balaban J connectivity index is 0.000000531. The van der Waals surface area contributed by atoms with Crippen LogP contribution in [0.4, 0.5) is 0 Å². The molecule has 2 nitrogen and oxygen atoms in total. The Kier molecular flexibility index (Phi) is 4.88. The first-order valence-electron chi connectivity index (χ1n) is 5.69. The number of rotatable bonds is 1. The van der Waals surface area contributed by atoms with Gasteiger partial charge in [-0.1, -0.05) is 31.1 Å². The van der Waals surface area contributed by atoms with Crippen LogP contribution in [0.3, 0.4) is 0 Å². The molecule has 1 aromatic carbocycles. The molecule has 0 fully saturated rings. The summed E-state index contributed by atoms with van der Waals surface area (Å²) in [6.07, 6.45) is 6.44. The van der Waals surface area contributed by atoms with Crippen molar-refractivity contribution in [3.05, 3.63) is 34.9 Å². The van der Waals surface area contributed by atoms with Crippen LogP contribution >= 0.6 is 0 Å². The number of aryl methyl sites for hydroxylation is 2. The van der Waals surface area contributed by atoms with Crippen LogP contribution in [0.2, 0.25) is 0 Å². The molecule has 0 spiro atoms. The van der Waals surface area contributed by atoms with Crippen molar-refractivity contribution >= 4 is 6.21 Å². The molecule has 0 heterocycles. The zero-order chi connectivity index (χ0) is 11.1. The second-order valence-electron chi connectivity index (χ2n) is 3.48. The van der Waals surface area contributed by atoms with Gasteiger partial charge in [0.25, 0.3) is 0 Å². The summed E-state index contributed by atoms with van der Waals surface area (Å²) in [7, 11) is 0. The van der Waals surface area contributed by atoms with Crippen LogP contribution in [0, 0.1) is 0 Å². The van der Waals surface area contributed by atoms with Crippen LogP contribution < -0.4 is 0 Å². The van der Waals surface area contributed by atoms with Gasteiger partial charge in [-0.05, 0) is 48.4 Å². The van der Waals surface area contributed by atoms with Crippen molar-refractivity contribution in [1.82, 2.24) is 0 Å². The van der Waals surface area contributed by atoms with Crippen LogP contribution in [0.25, 0.3) is 0 Å². The molecule has 15 heavy (non-hydrogen) atoms. The summed E-state index contributed by atoms with van der Waals surface area (Å²) in [5.41, 5.74) is 3.87. The Labute approximate surface area is 91.6 Å². The smallest absolute Gasteiger partial charge is 0.0733 e. The van der Waals surface area contributed by atoms with Gasteiger partial charge in [0.15, 0.2) is 0 Å². The zero-order valence-corrected chi connectivity index (χ0v) is 9.53. The third kappa shape index (κ3) is 3.08. The van der Waals surface area contributed by atoms with Gasteiger partial charge in [-0.3, -0.25) is 0 Å². The van der Waals surface area contributed by atoms with Crippen LogP contribution in [0.15, 0.2) is 23.4 Å². The molecule has 0 bridgehead atoms. The van der Waals surface area contributed by atoms with Gasteiger partial charge in [-0.25, -0.2) is 0 Å². The van der Waals surface area contributed by atoms with Gasteiger partial charge in [-0.2, -0.15) is 0 Å². The quantitative estimate of drug-likeness (QED) is 0.425. The lowest BCUT2D eigenvalue weighted by Gasteiger charge is -2.15. The van der Waals surface area contributed by atoms with Gasteiger partial charge in [-0.15, -0.1) is 0 Å². The summed E-state index contributed by atoms with van der Waals surface area (Å²) in [5, 5.41) is 11.4. The SMILES string of the molecule is CC.O/N=C/c1ccc2c(c1)CCCC2. The third-order valence-corrected chi connectivity index (χ3v) is 2.58. The van der Waals surface area contributed by atoms with Gasteiger partial charge in [0.2, 0.25) is 0 Å². The number of hydrogen-bond acceptors (Lipinski definition) is 2. The monoisotopic (exact) mass is 205 g/mol. The number of benzene rings is 1. The molecule has 0 saturated heterocycles. The molecule has 1 N–H and O–H groups in total. The highest BCUT2D eigenvalue weighted by Crippen LogP contribution is 2.21. The molecule has 2 rings (SSSR count). The van der Waals surface area contributed by atoms with Crippen LogP contribution in [-0.2, 0) is 12.8 Å². The zero-order valence-electron chi connectivity index (χ0n) is 9.53. The van der Waals surface area contributed by atoms with E-state index in [2.05, 4.69) is 17.3 Å². The first-order valence-corrected chi connectivity index (χ1v) is 5.69. The minimum Gasteiger partial charge on any atom is -0.411 e. The van der Waals surface area contributed by atoms with Crippen molar-refractivity contribution in [2.45, 2.75) is 39.5 Å². The van der Waals surface area contributed by atoms with Crippen molar-refractivity contribution in [3.8, 4) is 0 Å². The summed E-state index contributed by atoms with van der Waals surface area (Å²) in [6.45, 7) is 4.00. The molecule has 1 aliphatic rings. The predicted molar refractivity (Wildman–Crippen MR) is 63.8 cm³/mol. The summed E-state index contributed by atoms with van der Waals surface area (Å²) in [6, 6.07) is 6.27. The van der Waals surface area contributed by atoms with Gasteiger partial charge >= 0.3 is 0 Å². The van der Waals surface area contributed by atoms with E-state index < -0.39 is 0 Å². The predicted octanol–water partition coefficient (Wildman–Crippen LogP) is 3.40. The lowest BCUT2D eigenvalue weighted by atomic mass is 9.90. The van der Waals surface area contributed by atoms with E-state index in [0.717, 1.165) is 5.56 Å². The standard InChI is InChI=1S/C11H13NO.C2H6/c13-12-8-9-5-6-10-3-1-2-4-11(10)7-9;1-2/h5-8,13H,1-4H2;1-2H3/b12-8+;. The van der Waals surface area contributed by atoms with Crippen LogP contribution in [0.5, 0.6) is 0 Å². The van der Waals surface area contributed by atoms with E-state index in [1.165, 1.54) is 43.0 Å². The maximum absolute atomic E-state index is 8.39. The Bertz CT molecular complexity index is 331. The molecule has 0 aromatic heterocycles. The lowest BCUT2D eigenvalue weighted by molar-refractivity contribution is 0.322. The summed E-state index contributed by atoms with van der Waals surface area (Å²) >= 11 is 0. The molecule has 0 aliphatic heterocycles. The molecule has 82 valence electrons. The van der Waals surface area contributed by atoms with Crippen molar-refractivity contribution in [3.63, 3.8) is 0 Å². The lowest BCUT2D eigenvalue weighted by Crippen LogP contribution is -2.02. The van der Waals surface area contributed by atoms with E-state index in [-0.39, 0.29) is 0 Å². The largest absolute Gasteiger partial charge is 0.411 e. The van der Waals surface area contributed by atoms with Crippen LogP contribution in [-0.4, -0.2) is 11.4 Å². The fourth-order valence-electron chi connectivity index (χ4n) is 1.90. The summed E-state index contributed by atoms with van der Waals surface area (Å²) < 4.78 is 0. The summed E-state index contributed by atoms with van der Waals surface area (Å²) in [5.74, 6) is 0. The fourth-order valence-corrected chi connectivity index (χ4v) is 1.90. The average molecular weight is 205 g/mol. The van der Waals surface area contributed by atoms with Crippen molar-refractivity contribution < 1.29 is 5.21 Å². The highest BCUT2D eigenvalue weighted by Gasteiger charge is 2.08. The molecule has 0 radical (unpaired) electrons. The highest BCUT2D eigenvalue weighted by atomic mass is 16.4. The first kappa shape index (κ1) is 11.8.